The lowest BCUT2D eigenvalue weighted by atomic mass is 9.81. The molecular weight excluding hydrogens is 430 g/mol. The fourth-order valence-corrected chi connectivity index (χ4v) is 5.37. The van der Waals surface area contributed by atoms with Crippen LogP contribution in [0.1, 0.15) is 25.3 Å². The Morgan fingerprint density at radius 2 is 1.59 bits per heavy atom. The summed E-state index contributed by atoms with van der Waals surface area (Å²) in [6, 6.07) is 2.52. The molecule has 29 heavy (non-hydrogen) atoms. The Labute approximate surface area is 161 Å². The summed E-state index contributed by atoms with van der Waals surface area (Å²) in [5, 5.41) is -5.67. The van der Waals surface area contributed by atoms with Crippen LogP contribution in [-0.4, -0.2) is 36.4 Å². The molecule has 5 nitrogen and oxygen atoms in total. The zero-order valence-electron chi connectivity index (χ0n) is 14.8. The molecule has 3 aliphatic rings. The average molecular weight is 446 g/mol. The van der Waals surface area contributed by atoms with E-state index >= 15 is 0 Å². The van der Waals surface area contributed by atoms with Crippen molar-refractivity contribution in [3.05, 3.63) is 35.4 Å². The van der Waals surface area contributed by atoms with Crippen molar-refractivity contribution in [3.8, 4) is 0 Å². The van der Waals surface area contributed by atoms with Crippen molar-refractivity contribution in [1.29, 1.82) is 0 Å². The van der Waals surface area contributed by atoms with Gasteiger partial charge >= 0.3 is 21.3 Å². The molecule has 4 rings (SSSR count). The number of rotatable bonds is 4. The van der Waals surface area contributed by atoms with Crippen molar-refractivity contribution in [3.63, 3.8) is 0 Å². The molecule has 2 saturated carbocycles. The first-order valence-electron chi connectivity index (χ1n) is 8.72. The maximum atomic E-state index is 14.5. The quantitative estimate of drug-likeness (QED) is 0.564. The summed E-state index contributed by atoms with van der Waals surface area (Å²) in [4.78, 5) is 0. The van der Waals surface area contributed by atoms with E-state index in [0.717, 1.165) is 12.1 Å². The van der Waals surface area contributed by atoms with Gasteiger partial charge in [0.1, 0.15) is 11.6 Å². The molecule has 0 spiro atoms. The van der Waals surface area contributed by atoms with Crippen LogP contribution in [0.4, 0.5) is 26.3 Å². The van der Waals surface area contributed by atoms with E-state index in [1.807, 2.05) is 0 Å². The third-order valence-corrected chi connectivity index (χ3v) is 7.07. The number of hydrogen-bond acceptors (Lipinski definition) is 4. The second-order valence-electron chi connectivity index (χ2n) is 7.89. The standard InChI is InChI=1S/C17H16F6O5S/c1-15(8-4-9(18)6-10(19)5-8)27-13-7-2-11(14(13)28-15)12(3-7)16(20,21)17(22,23)29(24,25)26/h4-7,11-14H,2-3H2,1H3,(H,24,25,26). The van der Waals surface area contributed by atoms with Gasteiger partial charge in [0.05, 0.1) is 12.2 Å². The number of fused-ring (bicyclic) bond motifs is 5. The SMILES string of the molecule is CC1(c2cc(F)cc(F)c2)OC2C3CC(C2O1)C(C(F)(F)C(F)(F)S(=O)(=O)O)C3. The Bertz CT molecular complexity index is 933. The van der Waals surface area contributed by atoms with Crippen LogP contribution in [0.25, 0.3) is 0 Å². The van der Waals surface area contributed by atoms with Gasteiger partial charge in [-0.1, -0.05) is 0 Å². The molecule has 2 aliphatic carbocycles. The Morgan fingerprint density at radius 1 is 1.03 bits per heavy atom. The van der Waals surface area contributed by atoms with Gasteiger partial charge in [0.25, 0.3) is 0 Å². The van der Waals surface area contributed by atoms with E-state index in [1.54, 1.807) is 0 Å². The summed E-state index contributed by atoms with van der Waals surface area (Å²) >= 11 is 0. The predicted molar refractivity (Wildman–Crippen MR) is 84.6 cm³/mol. The second kappa shape index (κ2) is 6.08. The number of alkyl halides is 4. The molecule has 1 saturated heterocycles. The maximum absolute atomic E-state index is 14.5. The summed E-state index contributed by atoms with van der Waals surface area (Å²) < 4.78 is 125. The predicted octanol–water partition coefficient (Wildman–Crippen LogP) is 3.69. The van der Waals surface area contributed by atoms with Gasteiger partial charge in [-0.25, -0.2) is 8.78 Å². The summed E-state index contributed by atoms with van der Waals surface area (Å²) in [5.74, 6) is -12.5. The van der Waals surface area contributed by atoms with Gasteiger partial charge in [0.2, 0.25) is 0 Å². The van der Waals surface area contributed by atoms with E-state index in [9.17, 15) is 34.8 Å². The van der Waals surface area contributed by atoms with E-state index < -0.39 is 75.1 Å². The van der Waals surface area contributed by atoms with E-state index in [1.165, 1.54) is 6.92 Å². The van der Waals surface area contributed by atoms with Crippen molar-refractivity contribution in [2.75, 3.05) is 0 Å². The fourth-order valence-electron chi connectivity index (χ4n) is 4.88. The van der Waals surface area contributed by atoms with E-state index in [0.29, 0.717) is 6.07 Å². The minimum atomic E-state index is -6.35. The van der Waals surface area contributed by atoms with Crippen LogP contribution >= 0.6 is 0 Å². The highest BCUT2D eigenvalue weighted by Crippen LogP contribution is 2.62. The van der Waals surface area contributed by atoms with Crippen LogP contribution in [0.2, 0.25) is 0 Å². The maximum Gasteiger partial charge on any atom is 0.431 e. The molecule has 0 radical (unpaired) electrons. The summed E-state index contributed by atoms with van der Waals surface area (Å²) in [5.41, 5.74) is -0.0459. The lowest BCUT2D eigenvalue weighted by molar-refractivity contribution is -0.214. The van der Waals surface area contributed by atoms with Crippen LogP contribution in [-0.2, 0) is 25.4 Å². The molecule has 6 atom stereocenters. The molecule has 12 heteroatoms. The van der Waals surface area contributed by atoms with E-state index in [2.05, 4.69) is 0 Å². The first-order chi connectivity index (χ1) is 13.2. The Balaban J connectivity index is 1.63. The largest absolute Gasteiger partial charge is 0.431 e. The molecule has 1 aliphatic heterocycles. The molecular formula is C17H16F6O5S. The average Bonchev–Trinajstić information content (AvgIpc) is 3.22. The smallest absolute Gasteiger partial charge is 0.340 e. The fraction of sp³-hybridized carbons (Fsp3) is 0.647. The highest BCUT2D eigenvalue weighted by atomic mass is 32.2. The van der Waals surface area contributed by atoms with Crippen molar-refractivity contribution < 1.29 is 48.8 Å². The Kier molecular flexibility index (Phi) is 4.38. The number of halogens is 6. The van der Waals surface area contributed by atoms with Crippen LogP contribution in [0.15, 0.2) is 18.2 Å². The minimum absolute atomic E-state index is 0.0325. The molecule has 6 unspecified atom stereocenters. The lowest BCUT2D eigenvalue weighted by Gasteiger charge is -2.36. The highest BCUT2D eigenvalue weighted by Gasteiger charge is 2.75. The summed E-state index contributed by atoms with van der Waals surface area (Å²) in [6.07, 6.45) is -2.31. The third-order valence-electron chi connectivity index (χ3n) is 6.15. The van der Waals surface area contributed by atoms with Crippen molar-refractivity contribution >= 4 is 10.1 Å². The lowest BCUT2D eigenvalue weighted by Crippen LogP contribution is -2.55. The molecule has 0 aromatic heterocycles. The van der Waals surface area contributed by atoms with E-state index in [4.69, 9.17) is 14.0 Å². The van der Waals surface area contributed by atoms with Crippen LogP contribution < -0.4 is 0 Å². The third kappa shape index (κ3) is 2.90. The molecule has 2 bridgehead atoms. The van der Waals surface area contributed by atoms with Crippen molar-refractivity contribution in [1.82, 2.24) is 0 Å². The van der Waals surface area contributed by atoms with Gasteiger partial charge in [-0.15, -0.1) is 0 Å². The van der Waals surface area contributed by atoms with Crippen LogP contribution in [0.3, 0.4) is 0 Å². The van der Waals surface area contributed by atoms with Gasteiger partial charge in [0.15, 0.2) is 5.79 Å². The molecule has 0 amide bonds. The van der Waals surface area contributed by atoms with Crippen LogP contribution in [0.5, 0.6) is 0 Å². The highest BCUT2D eigenvalue weighted by molar-refractivity contribution is 7.87. The molecule has 1 aromatic rings. The Morgan fingerprint density at radius 3 is 2.14 bits per heavy atom. The first-order valence-corrected chi connectivity index (χ1v) is 10.2. The Hall–Kier alpha value is -1.37. The van der Waals surface area contributed by atoms with E-state index in [-0.39, 0.29) is 12.0 Å². The molecule has 1 N–H and O–H groups in total. The van der Waals surface area contributed by atoms with Gasteiger partial charge in [-0.3, -0.25) is 4.55 Å². The molecule has 1 heterocycles. The molecule has 1 aromatic carbocycles. The molecule has 162 valence electrons. The van der Waals surface area contributed by atoms with Gasteiger partial charge in [-0.05, 0) is 43.7 Å². The minimum Gasteiger partial charge on any atom is -0.340 e. The van der Waals surface area contributed by atoms with Crippen LogP contribution in [0, 0.1) is 29.4 Å². The second-order valence-corrected chi connectivity index (χ2v) is 9.35. The molecule has 3 fully saturated rings. The monoisotopic (exact) mass is 446 g/mol. The zero-order valence-corrected chi connectivity index (χ0v) is 15.6. The van der Waals surface area contributed by atoms with Gasteiger partial charge in [0, 0.05) is 17.5 Å². The van der Waals surface area contributed by atoms with Gasteiger partial charge in [-0.2, -0.15) is 26.0 Å². The van der Waals surface area contributed by atoms with Crippen molar-refractivity contribution in [2.45, 2.75) is 48.9 Å². The summed E-state index contributed by atoms with van der Waals surface area (Å²) in [6.45, 7) is 1.33. The number of hydrogen-bond donors (Lipinski definition) is 1. The van der Waals surface area contributed by atoms with Crippen molar-refractivity contribution in [2.24, 2.45) is 17.8 Å². The topological polar surface area (TPSA) is 72.8 Å². The first kappa shape index (κ1) is 20.9. The normalized spacial score (nSPS) is 37.2. The summed E-state index contributed by atoms with van der Waals surface area (Å²) in [7, 11) is -6.35. The van der Waals surface area contributed by atoms with Gasteiger partial charge < -0.3 is 9.47 Å². The zero-order chi connectivity index (χ0) is 21.6. The number of benzene rings is 1. The number of ether oxygens (including phenoxy) is 2.